The molecule has 8 nitrogen and oxygen atoms in total. The van der Waals surface area contributed by atoms with Crippen LogP contribution in [-0.2, 0) is 0 Å². The second-order valence-electron chi connectivity index (χ2n) is 4.84. The number of nitrogens with zero attached hydrogens (tertiary/aromatic N) is 2. The van der Waals surface area contributed by atoms with Crippen LogP contribution in [0.4, 0.5) is 15.8 Å². The SMILES string of the molecule is NNc1cc(C(=O)N2CCC(CO)C2)c([N+](=O)[O-])cc1F. The molecule has 1 aromatic carbocycles. The van der Waals surface area contributed by atoms with Crippen molar-refractivity contribution in [1.82, 2.24) is 4.90 Å². The number of nitrogen functional groups attached to an aromatic ring is 1. The molecule has 1 aliphatic heterocycles. The molecule has 1 amide bonds. The minimum absolute atomic E-state index is 0.0411. The number of aliphatic hydroxyl groups is 1. The lowest BCUT2D eigenvalue weighted by Crippen LogP contribution is -2.30. The van der Waals surface area contributed by atoms with Gasteiger partial charge in [-0.2, -0.15) is 0 Å². The highest BCUT2D eigenvalue weighted by Gasteiger charge is 2.31. The zero-order chi connectivity index (χ0) is 15.6. The van der Waals surface area contributed by atoms with Gasteiger partial charge in [-0.3, -0.25) is 20.8 Å². The molecular weight excluding hydrogens is 283 g/mol. The molecule has 0 aromatic heterocycles. The number of nitro benzene ring substituents is 1. The Morgan fingerprint density at radius 2 is 2.33 bits per heavy atom. The van der Waals surface area contributed by atoms with Crippen LogP contribution in [0.5, 0.6) is 0 Å². The molecule has 1 fully saturated rings. The van der Waals surface area contributed by atoms with E-state index in [1.54, 1.807) is 0 Å². The third-order valence-corrected chi connectivity index (χ3v) is 3.50. The molecule has 2 rings (SSSR count). The van der Waals surface area contributed by atoms with Crippen LogP contribution in [0.25, 0.3) is 0 Å². The largest absolute Gasteiger partial charge is 0.396 e. The van der Waals surface area contributed by atoms with Gasteiger partial charge in [-0.05, 0) is 12.5 Å². The molecule has 21 heavy (non-hydrogen) atoms. The minimum atomic E-state index is -0.907. The summed E-state index contributed by atoms with van der Waals surface area (Å²) in [5.41, 5.74) is 1.03. The number of hydrogen-bond donors (Lipinski definition) is 3. The van der Waals surface area contributed by atoms with Crippen molar-refractivity contribution in [3.63, 3.8) is 0 Å². The highest BCUT2D eigenvalue weighted by molar-refractivity contribution is 5.99. The van der Waals surface area contributed by atoms with E-state index in [1.807, 2.05) is 0 Å². The number of nitrogens with one attached hydrogen (secondary N) is 1. The van der Waals surface area contributed by atoms with E-state index in [0.717, 1.165) is 6.07 Å². The average molecular weight is 298 g/mol. The van der Waals surface area contributed by atoms with Crippen molar-refractivity contribution < 1.29 is 19.2 Å². The molecule has 0 bridgehead atoms. The molecule has 4 N–H and O–H groups in total. The van der Waals surface area contributed by atoms with Gasteiger partial charge in [0, 0.05) is 25.6 Å². The van der Waals surface area contributed by atoms with Crippen LogP contribution in [-0.4, -0.2) is 40.5 Å². The molecule has 0 saturated carbocycles. The van der Waals surface area contributed by atoms with Crippen molar-refractivity contribution >= 4 is 17.3 Å². The monoisotopic (exact) mass is 298 g/mol. The number of anilines is 1. The number of aliphatic hydroxyl groups excluding tert-OH is 1. The lowest BCUT2D eigenvalue weighted by atomic mass is 10.1. The van der Waals surface area contributed by atoms with Crippen LogP contribution in [0.2, 0.25) is 0 Å². The molecule has 9 heteroatoms. The van der Waals surface area contributed by atoms with E-state index in [2.05, 4.69) is 5.43 Å². The van der Waals surface area contributed by atoms with Gasteiger partial charge in [-0.1, -0.05) is 0 Å². The Kier molecular flexibility index (Phi) is 4.34. The number of likely N-dealkylation sites (tertiary alicyclic amines) is 1. The molecule has 114 valence electrons. The van der Waals surface area contributed by atoms with Crippen molar-refractivity contribution in [1.29, 1.82) is 0 Å². The molecule has 0 aliphatic carbocycles. The fourth-order valence-electron chi connectivity index (χ4n) is 2.33. The minimum Gasteiger partial charge on any atom is -0.396 e. The third-order valence-electron chi connectivity index (χ3n) is 3.50. The summed E-state index contributed by atoms with van der Waals surface area (Å²) in [6, 6.07) is 1.70. The van der Waals surface area contributed by atoms with Gasteiger partial charge in [0.15, 0.2) is 5.82 Å². The van der Waals surface area contributed by atoms with Crippen LogP contribution in [0.1, 0.15) is 16.8 Å². The maximum absolute atomic E-state index is 13.5. The number of carbonyl (C=O) groups excluding carboxylic acids is 1. The van der Waals surface area contributed by atoms with Gasteiger partial charge >= 0.3 is 0 Å². The van der Waals surface area contributed by atoms with E-state index in [1.165, 1.54) is 4.90 Å². The fourth-order valence-corrected chi connectivity index (χ4v) is 2.33. The summed E-state index contributed by atoms with van der Waals surface area (Å²) in [5.74, 6) is 3.60. The summed E-state index contributed by atoms with van der Waals surface area (Å²) in [7, 11) is 0. The van der Waals surface area contributed by atoms with E-state index >= 15 is 0 Å². The van der Waals surface area contributed by atoms with E-state index in [4.69, 9.17) is 10.9 Å². The standard InChI is InChI=1S/C12H15FN4O4/c13-9-4-11(17(20)21)8(3-10(9)15-14)12(19)16-2-1-7(5-16)6-18/h3-4,7,15,18H,1-2,5-6,14H2. The maximum Gasteiger partial charge on any atom is 0.285 e. The molecule has 0 radical (unpaired) electrons. The van der Waals surface area contributed by atoms with Crippen LogP contribution in [0.15, 0.2) is 12.1 Å². The topological polar surface area (TPSA) is 122 Å². The molecule has 1 heterocycles. The van der Waals surface area contributed by atoms with Crippen LogP contribution >= 0.6 is 0 Å². The van der Waals surface area contributed by atoms with Crippen molar-refractivity contribution in [2.45, 2.75) is 6.42 Å². The Labute approximate surface area is 119 Å². The second-order valence-corrected chi connectivity index (χ2v) is 4.84. The van der Waals surface area contributed by atoms with E-state index in [9.17, 15) is 19.3 Å². The summed E-state index contributed by atoms with van der Waals surface area (Å²) in [6.07, 6.45) is 0.624. The zero-order valence-corrected chi connectivity index (χ0v) is 11.1. The van der Waals surface area contributed by atoms with Gasteiger partial charge in [-0.15, -0.1) is 0 Å². The van der Waals surface area contributed by atoms with E-state index < -0.39 is 22.3 Å². The molecule has 1 unspecified atom stereocenters. The molecular formula is C12H15FN4O4. The smallest absolute Gasteiger partial charge is 0.285 e. The molecule has 1 atom stereocenters. The average Bonchev–Trinajstić information content (AvgIpc) is 2.95. The van der Waals surface area contributed by atoms with Crippen molar-refractivity contribution in [3.05, 3.63) is 33.6 Å². The Bertz CT molecular complexity index is 581. The predicted molar refractivity (Wildman–Crippen MR) is 72.0 cm³/mol. The number of amides is 1. The molecule has 0 spiro atoms. The summed E-state index contributed by atoms with van der Waals surface area (Å²) < 4.78 is 13.5. The van der Waals surface area contributed by atoms with Crippen molar-refractivity contribution in [3.8, 4) is 0 Å². The summed E-state index contributed by atoms with van der Waals surface area (Å²) in [5, 5.41) is 20.1. The number of nitrogens with two attached hydrogens (primary N) is 1. The Morgan fingerprint density at radius 3 is 2.86 bits per heavy atom. The number of nitro groups is 1. The lowest BCUT2D eigenvalue weighted by Gasteiger charge is -2.17. The summed E-state index contributed by atoms with van der Waals surface area (Å²) in [4.78, 5) is 23.9. The van der Waals surface area contributed by atoms with Gasteiger partial charge in [-0.25, -0.2) is 4.39 Å². The Balaban J connectivity index is 2.37. The highest BCUT2D eigenvalue weighted by Crippen LogP contribution is 2.28. The first kappa shape index (κ1) is 15.1. The molecule has 1 saturated heterocycles. The second kappa shape index (κ2) is 6.02. The van der Waals surface area contributed by atoms with Gasteiger partial charge < -0.3 is 15.4 Å². The number of hydrogen-bond acceptors (Lipinski definition) is 6. The normalized spacial score (nSPS) is 17.9. The number of carbonyl (C=O) groups is 1. The Hall–Kier alpha value is -2.26. The van der Waals surface area contributed by atoms with Gasteiger partial charge in [0.05, 0.1) is 16.7 Å². The number of halogens is 1. The summed E-state index contributed by atoms with van der Waals surface area (Å²) >= 11 is 0. The van der Waals surface area contributed by atoms with Crippen molar-refractivity contribution in [2.75, 3.05) is 25.1 Å². The quantitative estimate of drug-likeness (QED) is 0.422. The third kappa shape index (κ3) is 2.93. The fraction of sp³-hybridized carbons (Fsp3) is 0.417. The first-order chi connectivity index (χ1) is 9.97. The number of benzene rings is 1. The first-order valence-corrected chi connectivity index (χ1v) is 6.32. The zero-order valence-electron chi connectivity index (χ0n) is 11.1. The highest BCUT2D eigenvalue weighted by atomic mass is 19.1. The van der Waals surface area contributed by atoms with E-state index in [0.29, 0.717) is 25.6 Å². The van der Waals surface area contributed by atoms with E-state index in [-0.39, 0.29) is 23.8 Å². The van der Waals surface area contributed by atoms with Crippen molar-refractivity contribution in [2.24, 2.45) is 11.8 Å². The number of rotatable bonds is 4. The van der Waals surface area contributed by atoms with Gasteiger partial charge in [0.1, 0.15) is 5.56 Å². The van der Waals surface area contributed by atoms with Crippen LogP contribution in [0.3, 0.4) is 0 Å². The molecule has 1 aliphatic rings. The first-order valence-electron chi connectivity index (χ1n) is 6.32. The lowest BCUT2D eigenvalue weighted by molar-refractivity contribution is -0.385. The summed E-state index contributed by atoms with van der Waals surface area (Å²) in [6.45, 7) is 0.657. The van der Waals surface area contributed by atoms with Gasteiger partial charge in [0.25, 0.3) is 11.6 Å². The Morgan fingerprint density at radius 1 is 1.62 bits per heavy atom. The maximum atomic E-state index is 13.5. The van der Waals surface area contributed by atoms with Crippen LogP contribution < -0.4 is 11.3 Å². The number of hydrazine groups is 1. The predicted octanol–water partition coefficient (Wildman–Crippen LogP) is 0.474. The van der Waals surface area contributed by atoms with Crippen LogP contribution in [0, 0.1) is 21.8 Å². The molecule has 1 aromatic rings. The van der Waals surface area contributed by atoms with Gasteiger partial charge in [0.2, 0.25) is 0 Å².